The number of aryl methyl sites for hydroxylation is 3. The zero-order chi connectivity index (χ0) is 20.1. The third kappa shape index (κ3) is 3.15. The summed E-state index contributed by atoms with van der Waals surface area (Å²) in [5.74, 6) is 0. The average molecular weight is 418 g/mol. The maximum absolute atomic E-state index is 5.85. The van der Waals surface area contributed by atoms with Crippen LogP contribution in [0.2, 0.25) is 0 Å². The Labute approximate surface area is 180 Å². The second kappa shape index (κ2) is 7.29. The topological polar surface area (TPSA) is 51.5 Å². The predicted octanol–water partition coefficient (Wildman–Crippen LogP) is 4.70. The molecule has 1 aliphatic carbocycles. The van der Waals surface area contributed by atoms with E-state index in [2.05, 4.69) is 44.6 Å². The summed E-state index contributed by atoms with van der Waals surface area (Å²) in [6.07, 6.45) is 13.2. The van der Waals surface area contributed by atoms with Crippen LogP contribution in [0.1, 0.15) is 29.7 Å². The van der Waals surface area contributed by atoms with Gasteiger partial charge in [0.25, 0.3) is 0 Å². The highest BCUT2D eigenvalue weighted by Gasteiger charge is 2.24. The van der Waals surface area contributed by atoms with Gasteiger partial charge in [-0.05, 0) is 69.4 Å². The number of hydrogen-bond acceptors (Lipinski definition) is 4. The van der Waals surface area contributed by atoms with Crippen LogP contribution in [-0.2, 0) is 19.4 Å². The molecule has 0 amide bonds. The summed E-state index contributed by atoms with van der Waals surface area (Å²) in [6.45, 7) is 4.90. The summed E-state index contributed by atoms with van der Waals surface area (Å²) in [6, 6.07) is 7.99. The third-order valence-corrected chi connectivity index (χ3v) is 7.64. The van der Waals surface area contributed by atoms with Gasteiger partial charge in [-0.1, -0.05) is 12.1 Å². The highest BCUT2D eigenvalue weighted by Crippen LogP contribution is 2.40. The molecule has 1 aromatic carbocycles. The van der Waals surface area contributed by atoms with E-state index in [0.29, 0.717) is 0 Å². The van der Waals surface area contributed by atoms with E-state index in [0.717, 1.165) is 41.3 Å². The van der Waals surface area contributed by atoms with E-state index in [1.807, 2.05) is 23.5 Å². The number of fused-ring (bicyclic) bond motifs is 5. The first-order valence-corrected chi connectivity index (χ1v) is 11.8. The zero-order valence-corrected chi connectivity index (χ0v) is 18.0. The van der Waals surface area contributed by atoms with E-state index < -0.39 is 0 Å². The van der Waals surface area contributed by atoms with Crippen molar-refractivity contribution in [2.24, 2.45) is 0 Å². The molecular formula is C24H27N5S. The number of nitrogens with zero attached hydrogens (tertiary/aromatic N) is 4. The molecule has 1 aliphatic heterocycles. The number of aromatic nitrogens is 3. The molecule has 0 radical (unpaired) electrons. The van der Waals surface area contributed by atoms with Crippen LogP contribution in [0.4, 0.5) is 5.69 Å². The maximum Gasteiger partial charge on any atom is 0.194 e. The second-order valence-electron chi connectivity index (χ2n) is 8.61. The van der Waals surface area contributed by atoms with Crippen molar-refractivity contribution in [3.8, 4) is 22.5 Å². The summed E-state index contributed by atoms with van der Waals surface area (Å²) in [7, 11) is 0. The lowest BCUT2D eigenvalue weighted by molar-refractivity contribution is 0.325. The minimum absolute atomic E-state index is 0.785. The molecule has 6 heteroatoms. The van der Waals surface area contributed by atoms with Crippen LogP contribution in [0.5, 0.6) is 0 Å². The van der Waals surface area contributed by atoms with Crippen molar-refractivity contribution in [3.05, 3.63) is 53.3 Å². The quantitative estimate of drug-likeness (QED) is 0.479. The molecule has 1 saturated heterocycles. The summed E-state index contributed by atoms with van der Waals surface area (Å²) < 4.78 is 4.72. The monoisotopic (exact) mass is 417 g/mol. The highest BCUT2D eigenvalue weighted by atomic mass is 32.1. The van der Waals surface area contributed by atoms with Crippen molar-refractivity contribution in [3.63, 3.8) is 0 Å². The molecule has 4 heterocycles. The molecule has 0 saturated carbocycles. The molecule has 0 atom stereocenters. The minimum Gasteiger partial charge on any atom is -0.399 e. The van der Waals surface area contributed by atoms with Gasteiger partial charge in [0.05, 0.1) is 11.4 Å². The largest absolute Gasteiger partial charge is 0.399 e. The molecule has 0 unspecified atom stereocenters. The number of imidazole rings is 1. The molecule has 0 spiro atoms. The van der Waals surface area contributed by atoms with Gasteiger partial charge in [0, 0.05) is 46.8 Å². The number of rotatable bonds is 5. The Balaban J connectivity index is 1.29. The van der Waals surface area contributed by atoms with Crippen molar-refractivity contribution in [2.45, 2.75) is 38.6 Å². The number of likely N-dealkylation sites (tertiary alicyclic amines) is 1. The van der Waals surface area contributed by atoms with Gasteiger partial charge >= 0.3 is 0 Å². The van der Waals surface area contributed by atoms with Crippen LogP contribution >= 0.6 is 11.3 Å². The van der Waals surface area contributed by atoms with Crippen LogP contribution in [0.3, 0.4) is 0 Å². The second-order valence-corrected chi connectivity index (χ2v) is 9.67. The van der Waals surface area contributed by atoms with E-state index in [1.54, 1.807) is 0 Å². The first kappa shape index (κ1) is 18.2. The molecule has 5 nitrogen and oxygen atoms in total. The average Bonchev–Trinajstić information content (AvgIpc) is 3.51. The maximum atomic E-state index is 5.85. The van der Waals surface area contributed by atoms with Crippen LogP contribution in [0, 0.1) is 0 Å². The summed E-state index contributed by atoms with van der Waals surface area (Å²) in [5, 5.41) is 0. The Morgan fingerprint density at radius 3 is 2.63 bits per heavy atom. The Hall–Kier alpha value is -2.57. The van der Waals surface area contributed by atoms with Crippen molar-refractivity contribution < 1.29 is 0 Å². The first-order chi connectivity index (χ1) is 14.7. The lowest BCUT2D eigenvalue weighted by atomic mass is 9.98. The normalized spacial score (nSPS) is 16.3. The zero-order valence-electron chi connectivity index (χ0n) is 17.2. The lowest BCUT2D eigenvalue weighted by Crippen LogP contribution is -2.21. The van der Waals surface area contributed by atoms with Gasteiger partial charge in [0.2, 0.25) is 0 Å². The molecule has 3 aromatic heterocycles. The summed E-state index contributed by atoms with van der Waals surface area (Å²) >= 11 is 1.84. The Kier molecular flexibility index (Phi) is 4.43. The number of nitrogens with two attached hydrogens (primary N) is 1. The van der Waals surface area contributed by atoms with Crippen LogP contribution in [0.25, 0.3) is 27.5 Å². The fourth-order valence-corrected chi connectivity index (χ4v) is 6.08. The SMILES string of the molecule is Nc1ccc(-c2cn3c4c(sc3n2)CCc2cn(CCCN3CCCC3)cc2-4)cc1. The van der Waals surface area contributed by atoms with Gasteiger partial charge in [0.1, 0.15) is 0 Å². The molecule has 2 N–H and O–H groups in total. The lowest BCUT2D eigenvalue weighted by Gasteiger charge is -2.14. The van der Waals surface area contributed by atoms with Gasteiger partial charge in [-0.2, -0.15) is 0 Å². The van der Waals surface area contributed by atoms with Crippen LogP contribution < -0.4 is 5.73 Å². The number of hydrogen-bond donors (Lipinski definition) is 1. The van der Waals surface area contributed by atoms with Crippen molar-refractivity contribution in [1.29, 1.82) is 0 Å². The van der Waals surface area contributed by atoms with Gasteiger partial charge in [0.15, 0.2) is 4.96 Å². The van der Waals surface area contributed by atoms with Gasteiger partial charge < -0.3 is 15.2 Å². The molecule has 154 valence electrons. The molecule has 6 rings (SSSR count). The third-order valence-electron chi connectivity index (χ3n) is 6.53. The summed E-state index contributed by atoms with van der Waals surface area (Å²) in [5.41, 5.74) is 13.0. The van der Waals surface area contributed by atoms with Crippen molar-refractivity contribution >= 4 is 22.0 Å². The van der Waals surface area contributed by atoms with Gasteiger partial charge in [-0.15, -0.1) is 11.3 Å². The van der Waals surface area contributed by atoms with E-state index in [1.165, 1.54) is 60.6 Å². The molecule has 1 fully saturated rings. The molecule has 30 heavy (non-hydrogen) atoms. The first-order valence-electron chi connectivity index (χ1n) is 11.0. The number of anilines is 1. The van der Waals surface area contributed by atoms with Crippen molar-refractivity contribution in [1.82, 2.24) is 18.9 Å². The number of nitrogen functional groups attached to an aromatic ring is 1. The summed E-state index contributed by atoms with van der Waals surface area (Å²) in [4.78, 5) is 10.1. The van der Waals surface area contributed by atoms with E-state index in [9.17, 15) is 0 Å². The minimum atomic E-state index is 0.785. The highest BCUT2D eigenvalue weighted by molar-refractivity contribution is 7.17. The molecule has 0 bridgehead atoms. The van der Waals surface area contributed by atoms with E-state index >= 15 is 0 Å². The predicted molar refractivity (Wildman–Crippen MR) is 124 cm³/mol. The van der Waals surface area contributed by atoms with E-state index in [-0.39, 0.29) is 0 Å². The number of thiazole rings is 1. The van der Waals surface area contributed by atoms with Crippen molar-refractivity contribution in [2.75, 3.05) is 25.4 Å². The molecule has 2 aliphatic rings. The smallest absolute Gasteiger partial charge is 0.194 e. The number of benzene rings is 1. The molecular weight excluding hydrogens is 390 g/mol. The van der Waals surface area contributed by atoms with Gasteiger partial charge in [-0.3, -0.25) is 4.40 Å². The Morgan fingerprint density at radius 2 is 1.80 bits per heavy atom. The Morgan fingerprint density at radius 1 is 0.967 bits per heavy atom. The van der Waals surface area contributed by atoms with Gasteiger partial charge in [-0.25, -0.2) is 4.98 Å². The molecule has 4 aromatic rings. The fourth-order valence-electron chi connectivity index (χ4n) is 4.96. The fraction of sp³-hybridized carbons (Fsp3) is 0.375. The van der Waals surface area contributed by atoms with E-state index in [4.69, 9.17) is 10.7 Å². The standard InChI is InChI=1S/C24H27N5S/c25-19-7-4-17(5-8-19)21-16-29-23-20-15-28(13-3-12-27-10-1-2-11-27)14-18(20)6-9-22(23)30-24(29)26-21/h4-5,7-8,14-16H,1-3,6,9-13,25H2. The van der Waals surface area contributed by atoms with Crippen LogP contribution in [-0.4, -0.2) is 38.5 Å². The Bertz CT molecular complexity index is 1190. The van der Waals surface area contributed by atoms with Crippen LogP contribution in [0.15, 0.2) is 42.9 Å².